The van der Waals surface area contributed by atoms with E-state index < -0.39 is 0 Å². The lowest BCUT2D eigenvalue weighted by Gasteiger charge is -2.12. The van der Waals surface area contributed by atoms with Crippen LogP contribution in [-0.2, 0) is 0 Å². The first kappa shape index (κ1) is 30.8. The second-order valence-corrected chi connectivity index (χ2v) is 14.5. The largest absolute Gasteiger partial charge is 0.308 e. The molecule has 4 aromatic heterocycles. The predicted octanol–water partition coefficient (Wildman–Crippen LogP) is 12.8. The van der Waals surface area contributed by atoms with E-state index in [-0.39, 0.29) is 0 Å². The minimum atomic E-state index is 0.705. The molecule has 260 valence electrons. The maximum absolute atomic E-state index is 5.11. The van der Waals surface area contributed by atoms with Crippen LogP contribution in [0.1, 0.15) is 0 Å². The van der Waals surface area contributed by atoms with Gasteiger partial charge in [0.1, 0.15) is 5.82 Å². The molecule has 0 saturated carbocycles. The molecule has 0 radical (unpaired) electrons. The van der Waals surface area contributed by atoms with E-state index in [0.717, 1.165) is 61.4 Å². The lowest BCUT2D eigenvalue weighted by atomic mass is 9.99. The van der Waals surface area contributed by atoms with Crippen LogP contribution in [-0.4, -0.2) is 24.1 Å². The summed E-state index contributed by atoms with van der Waals surface area (Å²) in [6.07, 6.45) is 1.87. The second kappa shape index (κ2) is 11.9. The minimum Gasteiger partial charge on any atom is -0.308 e. The third-order valence-electron chi connectivity index (χ3n) is 11.3. The Morgan fingerprint density at radius 1 is 0.375 bits per heavy atom. The van der Waals surface area contributed by atoms with Gasteiger partial charge in [-0.05, 0) is 76.1 Å². The summed E-state index contributed by atoms with van der Waals surface area (Å²) in [5.41, 5.74) is 10.7. The Balaban J connectivity index is 1.08. The van der Waals surface area contributed by atoms with E-state index in [2.05, 4.69) is 173 Å². The monoisotopic (exact) mass is 713 g/mol. The maximum atomic E-state index is 5.11. The van der Waals surface area contributed by atoms with Gasteiger partial charge in [-0.1, -0.05) is 127 Å². The molecule has 0 aliphatic rings. The average molecular weight is 714 g/mol. The standard InChI is InChI=1S/C51H31N5/c1-3-12-32(13-4-1)41-31-42(33-14-5-2-6-15-33)54-51(53-41)38-24-22-36-29-39(26-25-35(36)28-38)55-44-19-11-16-34-21-23-37-30-45-49(50(55)48(37)47(34)44)40-17-7-8-18-43(40)56(45)46-20-9-10-27-52-46/h1-31H. The van der Waals surface area contributed by atoms with Crippen LogP contribution < -0.4 is 0 Å². The minimum absolute atomic E-state index is 0.705. The molecular formula is C51H31N5. The van der Waals surface area contributed by atoms with Gasteiger partial charge in [0, 0.05) is 50.1 Å². The van der Waals surface area contributed by atoms with Crippen molar-refractivity contribution in [3.8, 4) is 45.4 Å². The molecule has 0 N–H and O–H groups in total. The number of hydrogen-bond donors (Lipinski definition) is 0. The van der Waals surface area contributed by atoms with Crippen molar-refractivity contribution in [3.05, 3.63) is 188 Å². The number of aromatic nitrogens is 5. The molecule has 0 aliphatic heterocycles. The van der Waals surface area contributed by atoms with E-state index >= 15 is 0 Å². The zero-order valence-electron chi connectivity index (χ0n) is 30.1. The van der Waals surface area contributed by atoms with E-state index in [9.17, 15) is 0 Å². The van der Waals surface area contributed by atoms with E-state index in [0.29, 0.717) is 5.82 Å². The van der Waals surface area contributed by atoms with Crippen molar-refractivity contribution < 1.29 is 0 Å². The van der Waals surface area contributed by atoms with Crippen LogP contribution in [0.25, 0.3) is 111 Å². The van der Waals surface area contributed by atoms with E-state index in [1.807, 2.05) is 24.4 Å². The molecule has 0 saturated heterocycles. The van der Waals surface area contributed by atoms with Gasteiger partial charge in [-0.15, -0.1) is 0 Å². The van der Waals surface area contributed by atoms with Crippen LogP contribution in [0.4, 0.5) is 0 Å². The normalized spacial score (nSPS) is 11.9. The zero-order valence-corrected chi connectivity index (χ0v) is 30.1. The van der Waals surface area contributed by atoms with E-state index in [1.165, 1.54) is 43.4 Å². The predicted molar refractivity (Wildman–Crippen MR) is 231 cm³/mol. The van der Waals surface area contributed by atoms with Crippen molar-refractivity contribution >= 4 is 65.2 Å². The number of nitrogens with zero attached hydrogens (tertiary/aromatic N) is 5. The van der Waals surface area contributed by atoms with Gasteiger partial charge in [0.25, 0.3) is 0 Å². The summed E-state index contributed by atoms with van der Waals surface area (Å²) in [7, 11) is 0. The fraction of sp³-hybridized carbons (Fsp3) is 0. The quantitative estimate of drug-likeness (QED) is 0.167. The summed E-state index contributed by atoms with van der Waals surface area (Å²) >= 11 is 0. The molecule has 4 heterocycles. The van der Waals surface area contributed by atoms with Crippen LogP contribution in [0.15, 0.2) is 188 Å². The van der Waals surface area contributed by atoms with Gasteiger partial charge in [-0.2, -0.15) is 0 Å². The highest BCUT2D eigenvalue weighted by molar-refractivity contribution is 6.34. The third kappa shape index (κ3) is 4.58. The number of rotatable bonds is 5. The molecular weight excluding hydrogens is 683 g/mol. The molecule has 5 nitrogen and oxygen atoms in total. The highest BCUT2D eigenvalue weighted by Crippen LogP contribution is 2.46. The van der Waals surface area contributed by atoms with Gasteiger partial charge in [0.05, 0.1) is 33.5 Å². The summed E-state index contributed by atoms with van der Waals surface area (Å²) < 4.78 is 4.79. The van der Waals surface area contributed by atoms with Crippen molar-refractivity contribution in [2.24, 2.45) is 0 Å². The first-order chi connectivity index (χ1) is 27.8. The number of benzene rings is 8. The Hall–Kier alpha value is -7.63. The lowest BCUT2D eigenvalue weighted by molar-refractivity contribution is 1.08. The first-order valence-corrected chi connectivity index (χ1v) is 18.9. The molecule has 12 rings (SSSR count). The number of pyridine rings is 1. The van der Waals surface area contributed by atoms with Crippen LogP contribution in [0.5, 0.6) is 0 Å². The lowest BCUT2D eigenvalue weighted by Crippen LogP contribution is -1.97. The van der Waals surface area contributed by atoms with E-state index in [4.69, 9.17) is 15.0 Å². The van der Waals surface area contributed by atoms with Gasteiger partial charge in [0.15, 0.2) is 5.82 Å². The zero-order chi connectivity index (χ0) is 36.7. The Kier molecular flexibility index (Phi) is 6.56. The van der Waals surface area contributed by atoms with Crippen molar-refractivity contribution in [2.75, 3.05) is 0 Å². The summed E-state index contributed by atoms with van der Waals surface area (Å²) in [4.78, 5) is 15.0. The molecule has 0 unspecified atom stereocenters. The molecule has 0 bridgehead atoms. The van der Waals surface area contributed by atoms with Crippen molar-refractivity contribution in [1.29, 1.82) is 0 Å². The Morgan fingerprint density at radius 3 is 1.84 bits per heavy atom. The van der Waals surface area contributed by atoms with Gasteiger partial charge in [0.2, 0.25) is 0 Å². The van der Waals surface area contributed by atoms with Gasteiger partial charge >= 0.3 is 0 Å². The molecule has 0 atom stereocenters. The Bertz CT molecular complexity index is 3400. The van der Waals surface area contributed by atoms with E-state index in [1.54, 1.807) is 0 Å². The number of para-hydroxylation sites is 1. The summed E-state index contributed by atoms with van der Waals surface area (Å²) in [5, 5.41) is 9.74. The maximum Gasteiger partial charge on any atom is 0.160 e. The SMILES string of the molecule is c1ccc(-c2cc(-c3ccccc3)nc(-c3ccc4cc(-n5c6cccc7ccc8cc9c(c%10ccccc%10n9-c9ccccn9)c5c8c76)ccc4c3)n2)cc1. The topological polar surface area (TPSA) is 48.5 Å². The van der Waals surface area contributed by atoms with Crippen LogP contribution in [0, 0.1) is 0 Å². The second-order valence-electron chi connectivity index (χ2n) is 14.5. The summed E-state index contributed by atoms with van der Waals surface area (Å²) in [6, 6.07) is 64.6. The van der Waals surface area contributed by atoms with Crippen molar-refractivity contribution in [3.63, 3.8) is 0 Å². The summed E-state index contributed by atoms with van der Waals surface area (Å²) in [6.45, 7) is 0. The third-order valence-corrected chi connectivity index (χ3v) is 11.3. The van der Waals surface area contributed by atoms with Crippen LogP contribution >= 0.6 is 0 Å². The molecule has 0 aliphatic carbocycles. The highest BCUT2D eigenvalue weighted by atomic mass is 15.1. The average Bonchev–Trinajstić information content (AvgIpc) is 3.80. The molecule has 0 spiro atoms. The van der Waals surface area contributed by atoms with Crippen LogP contribution in [0.2, 0.25) is 0 Å². The van der Waals surface area contributed by atoms with Crippen molar-refractivity contribution in [1.82, 2.24) is 24.1 Å². The summed E-state index contributed by atoms with van der Waals surface area (Å²) in [5.74, 6) is 1.61. The smallest absolute Gasteiger partial charge is 0.160 e. The molecule has 0 amide bonds. The molecule has 8 aromatic carbocycles. The molecule has 56 heavy (non-hydrogen) atoms. The fourth-order valence-electron chi connectivity index (χ4n) is 8.80. The fourth-order valence-corrected chi connectivity index (χ4v) is 8.80. The number of fused-ring (bicyclic) bond motifs is 5. The number of hydrogen-bond acceptors (Lipinski definition) is 3. The van der Waals surface area contributed by atoms with Gasteiger partial charge in [-0.3, -0.25) is 4.57 Å². The van der Waals surface area contributed by atoms with Crippen LogP contribution in [0.3, 0.4) is 0 Å². The molecule has 12 aromatic rings. The molecule has 0 fully saturated rings. The van der Waals surface area contributed by atoms with Crippen molar-refractivity contribution in [2.45, 2.75) is 0 Å². The van der Waals surface area contributed by atoms with Gasteiger partial charge < -0.3 is 4.57 Å². The van der Waals surface area contributed by atoms with Gasteiger partial charge in [-0.25, -0.2) is 15.0 Å². The Labute approximate surface area is 321 Å². The first-order valence-electron chi connectivity index (χ1n) is 18.9. The molecule has 5 heteroatoms. The highest BCUT2D eigenvalue weighted by Gasteiger charge is 2.24. The Morgan fingerprint density at radius 2 is 1.05 bits per heavy atom.